The number of nitrogens with one attached hydrogen (secondary N) is 2. The summed E-state index contributed by atoms with van der Waals surface area (Å²) in [6.45, 7) is 0.203. The van der Waals surface area contributed by atoms with Crippen molar-refractivity contribution < 1.29 is 9.90 Å². The Hall–Kier alpha value is -2.03. The van der Waals surface area contributed by atoms with Gasteiger partial charge in [0.05, 0.1) is 6.54 Å². The molecular weight excluding hydrogens is 226 g/mol. The highest BCUT2D eigenvalue weighted by Gasteiger charge is 2.15. The molecule has 2 atom stereocenters. The van der Waals surface area contributed by atoms with Gasteiger partial charge in [0.1, 0.15) is 6.04 Å². The van der Waals surface area contributed by atoms with Crippen LogP contribution in [0.15, 0.2) is 4.99 Å². The number of nitrogens with two attached hydrogens (primary N) is 4. The van der Waals surface area contributed by atoms with Gasteiger partial charge in [0.2, 0.25) is 0 Å². The molecule has 0 radical (unpaired) electrons. The fourth-order valence-electron chi connectivity index (χ4n) is 1.15. The van der Waals surface area contributed by atoms with Crippen molar-refractivity contribution in [3.63, 3.8) is 0 Å². The molecule has 17 heavy (non-hydrogen) atoms. The van der Waals surface area contributed by atoms with E-state index in [0.717, 1.165) is 0 Å². The number of carbonyl (C=O) groups is 1. The van der Waals surface area contributed by atoms with Crippen LogP contribution in [0.1, 0.15) is 12.8 Å². The molecule has 0 saturated heterocycles. The van der Waals surface area contributed by atoms with E-state index >= 15 is 0 Å². The van der Waals surface area contributed by atoms with Crippen LogP contribution in [0.4, 0.5) is 0 Å². The topological polar surface area (TPSA) is 190 Å². The lowest BCUT2D eigenvalue weighted by atomic mass is 10.1. The fraction of sp³-hybridized carbons (Fsp3) is 0.625. The van der Waals surface area contributed by atoms with E-state index in [1.54, 1.807) is 0 Å². The van der Waals surface area contributed by atoms with E-state index in [1.165, 1.54) is 0 Å². The van der Waals surface area contributed by atoms with Crippen LogP contribution >= 0.6 is 0 Å². The first-order valence-electron chi connectivity index (χ1n) is 4.97. The number of nitrogens with zero attached hydrogens (tertiary/aromatic N) is 1. The molecule has 0 spiro atoms. The van der Waals surface area contributed by atoms with Crippen LogP contribution in [-0.2, 0) is 4.79 Å². The lowest BCUT2D eigenvalue weighted by Crippen LogP contribution is -2.43. The van der Waals surface area contributed by atoms with Crippen molar-refractivity contribution in [2.75, 3.05) is 6.54 Å². The molecule has 9 heteroatoms. The Morgan fingerprint density at radius 2 is 1.94 bits per heavy atom. The highest BCUT2D eigenvalue weighted by molar-refractivity contribution is 5.76. The van der Waals surface area contributed by atoms with E-state index in [2.05, 4.69) is 10.3 Å². The van der Waals surface area contributed by atoms with Crippen LogP contribution < -0.4 is 28.3 Å². The second-order valence-corrected chi connectivity index (χ2v) is 3.54. The number of hydrogen-bond acceptors (Lipinski definition) is 4. The lowest BCUT2D eigenvalue weighted by molar-refractivity contribution is -0.138. The zero-order chi connectivity index (χ0) is 13.4. The van der Waals surface area contributed by atoms with Crippen molar-refractivity contribution in [3.05, 3.63) is 0 Å². The van der Waals surface area contributed by atoms with Gasteiger partial charge < -0.3 is 33.4 Å². The molecule has 0 aliphatic rings. The number of aliphatic imine (C=N–C) groups is 1. The molecule has 9 nitrogen and oxygen atoms in total. The van der Waals surface area contributed by atoms with Crippen LogP contribution in [0.3, 0.4) is 0 Å². The first kappa shape index (κ1) is 15.0. The van der Waals surface area contributed by atoms with Gasteiger partial charge in [-0.2, -0.15) is 0 Å². The number of guanidine groups is 2. The minimum atomic E-state index is -1.08. The predicted octanol–water partition coefficient (Wildman–Crippen LogP) is -2.70. The Labute approximate surface area is 98.7 Å². The van der Waals surface area contributed by atoms with Gasteiger partial charge in [-0.15, -0.1) is 0 Å². The molecule has 0 rings (SSSR count). The Balaban J connectivity index is 4.23. The van der Waals surface area contributed by atoms with E-state index in [9.17, 15) is 4.79 Å². The van der Waals surface area contributed by atoms with Gasteiger partial charge in [-0.3, -0.25) is 15.2 Å². The van der Waals surface area contributed by atoms with Gasteiger partial charge in [-0.05, 0) is 12.8 Å². The van der Waals surface area contributed by atoms with Gasteiger partial charge in [-0.25, -0.2) is 0 Å². The summed E-state index contributed by atoms with van der Waals surface area (Å²) >= 11 is 0. The second kappa shape index (κ2) is 7.28. The summed E-state index contributed by atoms with van der Waals surface area (Å²) in [6, 6.07) is -1.27. The quantitative estimate of drug-likeness (QED) is 0.187. The fourth-order valence-corrected chi connectivity index (χ4v) is 1.15. The van der Waals surface area contributed by atoms with Crippen LogP contribution in [0, 0.1) is 5.41 Å². The minimum Gasteiger partial charge on any atom is -0.480 e. The number of carboxylic acid groups (broad SMARTS) is 1. The van der Waals surface area contributed by atoms with Crippen LogP contribution in [0.2, 0.25) is 0 Å². The standard InChI is InChI=1S/C8H19N7O2/c9-5(6(16)17)2-1-4(15-8(12)13)3-14-7(10)11/h4-5H,1-3,9H2,(H,16,17)(H4,10,11,14)(H4,12,13,15). The molecule has 0 aromatic rings. The first-order valence-corrected chi connectivity index (χ1v) is 4.97. The van der Waals surface area contributed by atoms with Gasteiger partial charge >= 0.3 is 5.97 Å². The van der Waals surface area contributed by atoms with Gasteiger partial charge in [-0.1, -0.05) is 0 Å². The summed E-state index contributed by atoms with van der Waals surface area (Å²) < 4.78 is 0. The number of rotatable bonds is 7. The molecule has 2 unspecified atom stereocenters. The summed E-state index contributed by atoms with van der Waals surface area (Å²) in [4.78, 5) is 14.3. The molecule has 0 aromatic carbocycles. The maximum absolute atomic E-state index is 10.5. The second-order valence-electron chi connectivity index (χ2n) is 3.54. The molecule has 0 aromatic heterocycles. The third kappa shape index (κ3) is 7.85. The third-order valence-corrected chi connectivity index (χ3v) is 2.00. The molecule has 0 fully saturated rings. The number of aliphatic carboxylic acids is 1. The minimum absolute atomic E-state index is 0.0807. The van der Waals surface area contributed by atoms with Crippen molar-refractivity contribution in [2.45, 2.75) is 24.9 Å². The lowest BCUT2D eigenvalue weighted by Gasteiger charge is -2.17. The smallest absolute Gasteiger partial charge is 0.320 e. The van der Waals surface area contributed by atoms with Crippen molar-refractivity contribution in [1.29, 1.82) is 5.41 Å². The highest BCUT2D eigenvalue weighted by Crippen LogP contribution is 2.01. The molecule has 0 heterocycles. The predicted molar refractivity (Wildman–Crippen MR) is 64.4 cm³/mol. The van der Waals surface area contributed by atoms with E-state index in [4.69, 9.17) is 33.5 Å². The van der Waals surface area contributed by atoms with E-state index < -0.39 is 12.0 Å². The zero-order valence-electron chi connectivity index (χ0n) is 9.39. The van der Waals surface area contributed by atoms with Crippen molar-refractivity contribution in [1.82, 2.24) is 5.32 Å². The van der Waals surface area contributed by atoms with E-state index in [0.29, 0.717) is 6.42 Å². The number of carboxylic acids is 1. The maximum atomic E-state index is 10.5. The summed E-state index contributed by atoms with van der Waals surface area (Å²) in [5.74, 6) is -1.39. The molecule has 0 aliphatic heterocycles. The zero-order valence-corrected chi connectivity index (χ0v) is 9.39. The van der Waals surface area contributed by atoms with Gasteiger partial charge in [0, 0.05) is 6.04 Å². The molecule has 0 amide bonds. The third-order valence-electron chi connectivity index (χ3n) is 2.00. The molecule has 0 saturated carbocycles. The summed E-state index contributed by atoms with van der Waals surface area (Å²) in [5, 5.41) is 18.3. The van der Waals surface area contributed by atoms with Crippen molar-refractivity contribution in [3.8, 4) is 0 Å². The van der Waals surface area contributed by atoms with E-state index in [-0.39, 0.29) is 30.9 Å². The van der Waals surface area contributed by atoms with Crippen LogP contribution in [-0.4, -0.2) is 41.6 Å². The van der Waals surface area contributed by atoms with Crippen molar-refractivity contribution in [2.24, 2.45) is 27.9 Å². The highest BCUT2D eigenvalue weighted by atomic mass is 16.4. The Kier molecular flexibility index (Phi) is 6.41. The van der Waals surface area contributed by atoms with Crippen molar-refractivity contribution >= 4 is 17.9 Å². The van der Waals surface area contributed by atoms with Gasteiger partial charge in [0.25, 0.3) is 0 Å². The average molecular weight is 245 g/mol. The Morgan fingerprint density at radius 3 is 2.35 bits per heavy atom. The molecule has 0 aliphatic carbocycles. The Morgan fingerprint density at radius 1 is 1.35 bits per heavy atom. The molecule has 98 valence electrons. The largest absolute Gasteiger partial charge is 0.480 e. The first-order chi connectivity index (χ1) is 7.82. The Bertz CT molecular complexity index is 300. The maximum Gasteiger partial charge on any atom is 0.320 e. The monoisotopic (exact) mass is 245 g/mol. The molecule has 0 bridgehead atoms. The summed E-state index contributed by atoms with van der Waals surface area (Å²) in [5.41, 5.74) is 20.9. The van der Waals surface area contributed by atoms with Gasteiger partial charge in [0.15, 0.2) is 11.9 Å². The number of hydrogen-bond donors (Lipinski definition) is 7. The summed E-state index contributed by atoms with van der Waals surface area (Å²) in [6.07, 6.45) is 0.629. The van der Waals surface area contributed by atoms with E-state index in [1.807, 2.05) is 0 Å². The normalized spacial score (nSPS) is 13.5. The molecular formula is C8H19N7O2. The molecule has 11 N–H and O–H groups in total. The average Bonchev–Trinajstić information content (AvgIpc) is 2.20. The SMILES string of the molecule is N=C(N)NC(CCC(N)C(=O)O)CN=C(N)N. The van der Waals surface area contributed by atoms with Crippen LogP contribution in [0.25, 0.3) is 0 Å². The van der Waals surface area contributed by atoms with Crippen LogP contribution in [0.5, 0.6) is 0 Å². The summed E-state index contributed by atoms with van der Waals surface area (Å²) in [7, 11) is 0.